The number of nitrogens with zero attached hydrogens (tertiary/aromatic N) is 3. The molecule has 0 saturated carbocycles. The van der Waals surface area contributed by atoms with Gasteiger partial charge in [0.15, 0.2) is 5.11 Å². The van der Waals surface area contributed by atoms with Crippen LogP contribution in [0.2, 0.25) is 5.02 Å². The number of pyridine rings is 1. The molecule has 1 fully saturated rings. The Bertz CT molecular complexity index is 1370. The van der Waals surface area contributed by atoms with Gasteiger partial charge in [-0.2, -0.15) is 0 Å². The van der Waals surface area contributed by atoms with Crippen molar-refractivity contribution >= 4 is 34.6 Å². The van der Waals surface area contributed by atoms with E-state index in [1.54, 1.807) is 18.3 Å². The van der Waals surface area contributed by atoms with Crippen molar-refractivity contribution in [3.8, 4) is 5.69 Å². The summed E-state index contributed by atoms with van der Waals surface area (Å²) in [5.74, 6) is -0.282. The maximum atomic E-state index is 13.7. The molecule has 1 saturated heterocycles. The number of hydrogen-bond donors (Lipinski definition) is 1. The van der Waals surface area contributed by atoms with E-state index in [9.17, 15) is 4.39 Å². The molecule has 34 heavy (non-hydrogen) atoms. The molecule has 0 aliphatic carbocycles. The largest absolute Gasteiger partial charge is 0.351 e. The van der Waals surface area contributed by atoms with Crippen LogP contribution in [0.15, 0.2) is 72.9 Å². The zero-order valence-corrected chi connectivity index (χ0v) is 20.7. The third kappa shape index (κ3) is 3.77. The highest BCUT2D eigenvalue weighted by Crippen LogP contribution is 2.45. The summed E-state index contributed by atoms with van der Waals surface area (Å²) in [4.78, 5) is 6.71. The number of benzene rings is 2. The molecule has 1 aliphatic rings. The van der Waals surface area contributed by atoms with Crippen LogP contribution in [-0.4, -0.2) is 14.7 Å². The van der Waals surface area contributed by atoms with E-state index in [4.69, 9.17) is 23.8 Å². The van der Waals surface area contributed by atoms with Gasteiger partial charge in [-0.3, -0.25) is 4.98 Å². The molecule has 0 amide bonds. The lowest BCUT2D eigenvalue weighted by Crippen LogP contribution is -2.29. The maximum Gasteiger partial charge on any atom is 0.174 e. The molecular formula is C27H24ClFN4S. The number of aromatic nitrogens is 2. The molecule has 2 unspecified atom stereocenters. The van der Waals surface area contributed by atoms with Crippen molar-refractivity contribution in [2.45, 2.75) is 32.9 Å². The fourth-order valence-corrected chi connectivity index (χ4v) is 5.50. The highest BCUT2D eigenvalue weighted by Gasteiger charge is 2.43. The molecule has 2 aromatic heterocycles. The zero-order valence-electron chi connectivity index (χ0n) is 19.1. The maximum absolute atomic E-state index is 13.7. The number of anilines is 1. The second-order valence-electron chi connectivity index (χ2n) is 8.50. The van der Waals surface area contributed by atoms with Crippen LogP contribution < -0.4 is 10.2 Å². The van der Waals surface area contributed by atoms with Gasteiger partial charge in [0.2, 0.25) is 0 Å². The fourth-order valence-electron chi connectivity index (χ4n) is 4.97. The monoisotopic (exact) mass is 490 g/mol. The Morgan fingerprint density at radius 1 is 0.941 bits per heavy atom. The minimum absolute atomic E-state index is 0.174. The van der Waals surface area contributed by atoms with E-state index in [1.807, 2.05) is 36.4 Å². The van der Waals surface area contributed by atoms with Gasteiger partial charge >= 0.3 is 0 Å². The molecule has 5 rings (SSSR count). The number of thiocarbonyl (C=S) groups is 1. The first-order valence-corrected chi connectivity index (χ1v) is 11.9. The Hall–Kier alpha value is -3.22. The second kappa shape index (κ2) is 8.85. The third-order valence-electron chi connectivity index (χ3n) is 6.57. The quantitative estimate of drug-likeness (QED) is 0.320. The summed E-state index contributed by atoms with van der Waals surface area (Å²) < 4.78 is 16.0. The molecule has 0 radical (unpaired) electrons. The lowest BCUT2D eigenvalue weighted by molar-refractivity contribution is 0.563. The highest BCUT2D eigenvalue weighted by atomic mass is 35.5. The topological polar surface area (TPSA) is 33.1 Å². The van der Waals surface area contributed by atoms with Gasteiger partial charge in [0, 0.05) is 39.5 Å². The van der Waals surface area contributed by atoms with E-state index in [1.165, 1.54) is 17.7 Å². The molecule has 0 spiro atoms. The summed E-state index contributed by atoms with van der Waals surface area (Å²) in [5, 5.41) is 4.75. The number of hydrogen-bond acceptors (Lipinski definition) is 2. The Morgan fingerprint density at radius 3 is 2.38 bits per heavy atom. The van der Waals surface area contributed by atoms with E-state index in [2.05, 4.69) is 46.6 Å². The average molecular weight is 491 g/mol. The minimum Gasteiger partial charge on any atom is -0.351 e. The lowest BCUT2D eigenvalue weighted by Gasteiger charge is -2.29. The highest BCUT2D eigenvalue weighted by molar-refractivity contribution is 7.80. The van der Waals surface area contributed by atoms with Gasteiger partial charge in [0.05, 0.1) is 17.8 Å². The van der Waals surface area contributed by atoms with E-state index in [0.717, 1.165) is 34.0 Å². The first-order valence-electron chi connectivity index (χ1n) is 11.1. The van der Waals surface area contributed by atoms with Crippen LogP contribution in [-0.2, 0) is 0 Å². The van der Waals surface area contributed by atoms with Gasteiger partial charge in [0.1, 0.15) is 5.82 Å². The van der Waals surface area contributed by atoms with Gasteiger partial charge in [-0.1, -0.05) is 23.7 Å². The van der Waals surface area contributed by atoms with Crippen LogP contribution in [0.3, 0.4) is 0 Å². The van der Waals surface area contributed by atoms with Crippen LogP contribution in [0.5, 0.6) is 0 Å². The Kier molecular flexibility index (Phi) is 5.88. The van der Waals surface area contributed by atoms with Crippen molar-refractivity contribution in [1.29, 1.82) is 0 Å². The Labute approximate surface area is 209 Å². The second-order valence-corrected chi connectivity index (χ2v) is 9.32. The molecule has 1 N–H and O–H groups in total. The van der Waals surface area contributed by atoms with Crippen molar-refractivity contribution < 1.29 is 4.39 Å². The Morgan fingerprint density at radius 2 is 1.71 bits per heavy atom. The van der Waals surface area contributed by atoms with E-state index in [-0.39, 0.29) is 17.9 Å². The van der Waals surface area contributed by atoms with Gasteiger partial charge in [0.25, 0.3) is 0 Å². The summed E-state index contributed by atoms with van der Waals surface area (Å²) in [6, 6.07) is 19.9. The van der Waals surface area contributed by atoms with E-state index < -0.39 is 0 Å². The molecule has 172 valence electrons. The van der Waals surface area contributed by atoms with Crippen LogP contribution in [0.1, 0.15) is 40.3 Å². The standard InChI is InChI=1S/C27H24ClFN4S/c1-16-17(2)32(22-8-6-7-19(28)15-22)18(3)24(16)26-25(23-9-4-5-14-30-23)31-27(34)33(26)21-12-10-20(29)11-13-21/h4-15,25-26H,1-3H3,(H,31,34). The summed E-state index contributed by atoms with van der Waals surface area (Å²) in [6.45, 7) is 6.37. The fraction of sp³-hybridized carbons (Fsp3) is 0.185. The van der Waals surface area contributed by atoms with Crippen LogP contribution >= 0.6 is 23.8 Å². The number of halogens is 2. The SMILES string of the molecule is Cc1c(C2C(c3ccccn3)NC(=S)N2c2ccc(F)cc2)c(C)n(-c2cccc(Cl)c2)c1C. The van der Waals surface area contributed by atoms with Crippen molar-refractivity contribution in [2.75, 3.05) is 4.90 Å². The van der Waals surface area contributed by atoms with Crippen LogP contribution in [0.4, 0.5) is 10.1 Å². The van der Waals surface area contributed by atoms with Crippen molar-refractivity contribution in [2.24, 2.45) is 0 Å². The third-order valence-corrected chi connectivity index (χ3v) is 7.12. The molecule has 3 heterocycles. The summed E-state index contributed by atoms with van der Waals surface area (Å²) in [6.07, 6.45) is 1.79. The van der Waals surface area contributed by atoms with Gasteiger partial charge in [-0.15, -0.1) is 0 Å². The van der Waals surface area contributed by atoms with E-state index >= 15 is 0 Å². The summed E-state index contributed by atoms with van der Waals surface area (Å²) in [5.41, 5.74) is 7.29. The predicted molar refractivity (Wildman–Crippen MR) is 139 cm³/mol. The number of nitrogens with one attached hydrogen (secondary N) is 1. The molecular weight excluding hydrogens is 467 g/mol. The molecule has 0 bridgehead atoms. The smallest absolute Gasteiger partial charge is 0.174 e. The molecule has 2 aromatic carbocycles. The van der Waals surface area contributed by atoms with Crippen LogP contribution in [0, 0.1) is 26.6 Å². The zero-order chi connectivity index (χ0) is 24.0. The van der Waals surface area contributed by atoms with Crippen molar-refractivity contribution in [1.82, 2.24) is 14.9 Å². The Balaban J connectivity index is 1.73. The molecule has 1 aliphatic heterocycles. The molecule has 7 heteroatoms. The lowest BCUT2D eigenvalue weighted by atomic mass is 9.93. The van der Waals surface area contributed by atoms with Crippen LogP contribution in [0.25, 0.3) is 5.69 Å². The molecule has 4 aromatic rings. The normalized spacial score (nSPS) is 17.8. The van der Waals surface area contributed by atoms with Crippen molar-refractivity contribution in [3.05, 3.63) is 112 Å². The molecule has 4 nitrogen and oxygen atoms in total. The van der Waals surface area contributed by atoms with E-state index in [0.29, 0.717) is 10.1 Å². The minimum atomic E-state index is -0.282. The first-order chi connectivity index (χ1) is 16.4. The summed E-state index contributed by atoms with van der Waals surface area (Å²) in [7, 11) is 0. The van der Waals surface area contributed by atoms with Gasteiger partial charge in [-0.05, 0) is 93.1 Å². The van der Waals surface area contributed by atoms with Gasteiger partial charge in [-0.25, -0.2) is 4.39 Å². The molecule has 2 atom stereocenters. The predicted octanol–water partition coefficient (Wildman–Crippen LogP) is 6.77. The van der Waals surface area contributed by atoms with Crippen molar-refractivity contribution in [3.63, 3.8) is 0 Å². The number of rotatable bonds is 4. The first kappa shape index (κ1) is 22.6. The summed E-state index contributed by atoms with van der Waals surface area (Å²) >= 11 is 12.1. The average Bonchev–Trinajstić information content (AvgIpc) is 3.27. The van der Waals surface area contributed by atoms with Gasteiger partial charge < -0.3 is 14.8 Å².